The van der Waals surface area contributed by atoms with Crippen molar-refractivity contribution in [2.24, 2.45) is 33.5 Å². The number of carbonyl (C=O) groups excluding carboxylic acids is 8. The third kappa shape index (κ3) is 9.13. The molecule has 6 unspecified atom stereocenters. The fourth-order valence-corrected chi connectivity index (χ4v) is 13.6. The van der Waals surface area contributed by atoms with E-state index in [4.69, 9.17) is 28.4 Å². The molecule has 0 bridgehead atoms. The summed E-state index contributed by atoms with van der Waals surface area (Å²) in [7, 11) is 2.92. The Bertz CT molecular complexity index is 2580. The number of rotatable bonds is 16. The molecule has 4 fully saturated rings. The van der Waals surface area contributed by atoms with Crippen LogP contribution in [0.15, 0.2) is 119 Å². The molecule has 0 aromatic heterocycles. The van der Waals surface area contributed by atoms with E-state index < -0.39 is 105 Å². The fourth-order valence-electron chi connectivity index (χ4n) is 13.6. The first-order valence-corrected chi connectivity index (χ1v) is 25.5. The first-order chi connectivity index (χ1) is 35.9. The number of ether oxygens (including phenoxy) is 6. The second-order valence-electron chi connectivity index (χ2n) is 21.5. The summed E-state index contributed by atoms with van der Waals surface area (Å²) in [5.74, 6) is -5.98. The highest BCUT2D eigenvalue weighted by atomic mass is 16.6. The molecule has 2 saturated carbocycles. The predicted octanol–water partition coefficient (Wildman–Crippen LogP) is 6.27. The number of hydrogen-bond donors (Lipinski definition) is 2. The number of carbonyl (C=O) groups is 8. The van der Waals surface area contributed by atoms with Crippen molar-refractivity contribution in [3.63, 3.8) is 0 Å². The van der Waals surface area contributed by atoms with E-state index in [1.165, 1.54) is 40.5 Å². The van der Waals surface area contributed by atoms with Crippen molar-refractivity contribution >= 4 is 47.0 Å². The van der Waals surface area contributed by atoms with Gasteiger partial charge in [0.15, 0.2) is 11.5 Å². The van der Waals surface area contributed by atoms with Crippen LogP contribution >= 0.6 is 0 Å². The Labute approximate surface area is 443 Å². The topological polar surface area (TPSA) is 239 Å². The normalized spacial score (nSPS) is 33.4. The van der Waals surface area contributed by atoms with Crippen molar-refractivity contribution in [2.45, 2.75) is 104 Å². The summed E-state index contributed by atoms with van der Waals surface area (Å²) in [5, 5.41) is 23.0. The van der Waals surface area contributed by atoms with Crippen LogP contribution in [0.2, 0.25) is 0 Å². The van der Waals surface area contributed by atoms with E-state index in [9.17, 15) is 48.6 Å². The maximum Gasteiger partial charge on any atom is 0.340 e. The predicted molar refractivity (Wildman–Crippen MR) is 275 cm³/mol. The Morgan fingerprint density at radius 2 is 0.934 bits per heavy atom. The largest absolute Gasteiger partial charge is 0.504 e. The van der Waals surface area contributed by atoms with Crippen molar-refractivity contribution in [3.05, 3.63) is 119 Å². The number of Topliss-reactive ketones (excluding diaryl/α,β-unsaturated/α-hetero) is 4. The van der Waals surface area contributed by atoms with E-state index in [-0.39, 0.29) is 83.9 Å². The first kappa shape index (κ1) is 56.8. The van der Waals surface area contributed by atoms with E-state index in [0.717, 1.165) is 0 Å². The molecular formula is C58H70N2O16. The van der Waals surface area contributed by atoms with Crippen LogP contribution in [0.1, 0.15) is 80.1 Å². The number of fused-ring (bicyclic) bond motifs is 8. The van der Waals surface area contributed by atoms with Gasteiger partial charge in [0.25, 0.3) is 0 Å². The molecule has 2 heterocycles. The van der Waals surface area contributed by atoms with Gasteiger partial charge < -0.3 is 48.4 Å². The van der Waals surface area contributed by atoms with Gasteiger partial charge in [0.1, 0.15) is 36.0 Å². The van der Waals surface area contributed by atoms with Crippen LogP contribution in [-0.4, -0.2) is 145 Å². The maximum absolute atomic E-state index is 14.0. The highest BCUT2D eigenvalue weighted by molar-refractivity contribution is 6.15. The molecule has 76 heavy (non-hydrogen) atoms. The molecule has 2 saturated heterocycles. The lowest BCUT2D eigenvalue weighted by Gasteiger charge is -2.53. The molecule has 10 atom stereocenters. The average molecular weight is 1050 g/mol. The van der Waals surface area contributed by atoms with Crippen molar-refractivity contribution in [2.75, 3.05) is 53.6 Å². The number of hydrogen-bond acceptors (Lipinski definition) is 18. The minimum Gasteiger partial charge on any atom is -0.504 e. The van der Waals surface area contributed by atoms with Gasteiger partial charge in [-0.2, -0.15) is 0 Å². The number of allylic oxidation sites excluding steroid dienone is 2. The van der Waals surface area contributed by atoms with Crippen LogP contribution in [0.25, 0.3) is 0 Å². The van der Waals surface area contributed by atoms with E-state index in [2.05, 4.69) is 26.3 Å². The van der Waals surface area contributed by atoms with Gasteiger partial charge >= 0.3 is 23.9 Å². The maximum atomic E-state index is 14.0. The molecule has 8 aliphatic rings. The van der Waals surface area contributed by atoms with Crippen molar-refractivity contribution < 1.29 is 77.0 Å². The van der Waals surface area contributed by atoms with Gasteiger partial charge in [-0.15, -0.1) is 26.3 Å². The second-order valence-corrected chi connectivity index (χ2v) is 21.5. The molecule has 18 nitrogen and oxygen atoms in total. The first-order valence-electron chi connectivity index (χ1n) is 25.5. The Balaban J connectivity index is 0.000000221. The number of nitrogens with zero attached hydrogens (tertiary/aromatic N) is 2. The molecule has 2 aliphatic heterocycles. The van der Waals surface area contributed by atoms with Gasteiger partial charge in [-0.1, -0.05) is 38.2 Å². The van der Waals surface area contributed by atoms with Crippen molar-refractivity contribution in [1.29, 1.82) is 0 Å². The SMILES string of the molecule is C=CCN(/C=C1/C(=O)OC(COC)[C@@]2(C)C1=C(O)C(=O)C1=C2C(OC(C)=O)C[C@]2(C)C(=O)CCC12)CC=C.C=CCN(/C=C1\C(=O)OC(COC)[C@@]2(C)C1=C(O)C(=O)C1=C2C(OC(C)=O)C[C@]2(C)C(=O)CCC12)CC=C. The molecule has 0 aromatic rings. The minimum atomic E-state index is -1.27. The summed E-state index contributed by atoms with van der Waals surface area (Å²) in [5.41, 5.74) is -2.71. The van der Waals surface area contributed by atoms with Gasteiger partial charge in [0.2, 0.25) is 11.6 Å². The minimum absolute atomic E-state index is 0.00740. The van der Waals surface area contributed by atoms with Crippen LogP contribution in [-0.2, 0) is 66.8 Å². The second kappa shape index (κ2) is 21.6. The van der Waals surface area contributed by atoms with Crippen LogP contribution in [0, 0.1) is 33.5 Å². The summed E-state index contributed by atoms with van der Waals surface area (Å²) < 4.78 is 34.2. The zero-order valence-electron chi connectivity index (χ0n) is 44.7. The van der Waals surface area contributed by atoms with Crippen LogP contribution in [0.3, 0.4) is 0 Å². The van der Waals surface area contributed by atoms with E-state index in [1.54, 1.807) is 61.8 Å². The van der Waals surface area contributed by atoms with Gasteiger partial charge in [-0.25, -0.2) is 9.59 Å². The van der Waals surface area contributed by atoms with Gasteiger partial charge in [-0.3, -0.25) is 28.8 Å². The monoisotopic (exact) mass is 1050 g/mol. The third-order valence-corrected chi connectivity index (χ3v) is 16.9. The van der Waals surface area contributed by atoms with Crippen molar-refractivity contribution in [1.82, 2.24) is 9.80 Å². The number of methoxy groups -OCH3 is 2. The fraction of sp³-hybridized carbons (Fsp3) is 0.517. The number of ketones is 4. The van der Waals surface area contributed by atoms with Crippen LogP contribution in [0.5, 0.6) is 0 Å². The summed E-state index contributed by atoms with van der Waals surface area (Å²) in [4.78, 5) is 109. The Morgan fingerprint density at radius 3 is 1.22 bits per heavy atom. The van der Waals surface area contributed by atoms with Crippen LogP contribution < -0.4 is 0 Å². The number of aliphatic hydroxyl groups is 2. The molecule has 8 rings (SSSR count). The van der Waals surface area contributed by atoms with Crippen LogP contribution in [0.4, 0.5) is 0 Å². The zero-order valence-corrected chi connectivity index (χ0v) is 44.7. The molecule has 2 N–H and O–H groups in total. The molecule has 408 valence electrons. The zero-order chi connectivity index (χ0) is 56.0. The Morgan fingerprint density at radius 1 is 0.605 bits per heavy atom. The highest BCUT2D eigenvalue weighted by Gasteiger charge is 2.66. The Hall–Kier alpha value is -6.92. The molecule has 0 amide bonds. The van der Waals surface area contributed by atoms with Crippen molar-refractivity contribution in [3.8, 4) is 0 Å². The van der Waals surface area contributed by atoms with E-state index >= 15 is 0 Å². The number of aliphatic hydroxyl groups excluding tert-OH is 2. The standard InChI is InChI=1S/2C29H35NO8/c2*1-7-11-30(12-8-2)14-17-23-26(34)25(33)22-18-9-10-20(32)28(18,4)13-19(37-16(3)31)24(22)29(23,5)21(15-36-6)38-27(17)35/h2*7-8,14,18-19,21,34H,1-2,9-13,15H2,3-6H3/b17-14+;17-14-/t2*18?,19?,21?,28-,29-/m00/s1. The Kier molecular flexibility index (Phi) is 16.1. The average Bonchev–Trinajstić information content (AvgIpc) is 3.89. The smallest absolute Gasteiger partial charge is 0.340 e. The van der Waals surface area contributed by atoms with E-state index in [0.29, 0.717) is 50.2 Å². The highest BCUT2D eigenvalue weighted by Crippen LogP contribution is 2.64. The molecular weight excluding hydrogens is 981 g/mol. The van der Waals surface area contributed by atoms with Gasteiger partial charge in [0.05, 0.1) is 35.2 Å². The van der Waals surface area contributed by atoms with Gasteiger partial charge in [-0.05, 0) is 37.8 Å². The quantitative estimate of drug-likeness (QED) is 0.0749. The van der Waals surface area contributed by atoms with E-state index in [1.807, 2.05) is 0 Å². The lowest BCUT2D eigenvalue weighted by Crippen LogP contribution is -2.57. The number of cyclic esters (lactones) is 2. The third-order valence-electron chi connectivity index (χ3n) is 16.9. The van der Waals surface area contributed by atoms with Gasteiger partial charge in [0, 0.05) is 137 Å². The molecule has 6 aliphatic carbocycles. The lowest BCUT2D eigenvalue weighted by molar-refractivity contribution is -0.160. The lowest BCUT2D eigenvalue weighted by atomic mass is 9.53. The summed E-state index contributed by atoms with van der Waals surface area (Å²) in [6.07, 6.45) is 7.77. The molecule has 0 radical (unpaired) electrons. The summed E-state index contributed by atoms with van der Waals surface area (Å²) in [6.45, 7) is 26.1. The molecule has 0 aromatic carbocycles. The summed E-state index contributed by atoms with van der Waals surface area (Å²) >= 11 is 0. The number of esters is 4. The molecule has 18 heteroatoms. The summed E-state index contributed by atoms with van der Waals surface area (Å²) in [6, 6.07) is 0. The molecule has 0 spiro atoms.